The summed E-state index contributed by atoms with van der Waals surface area (Å²) in [4.78, 5) is 27.6. The van der Waals surface area contributed by atoms with Crippen LogP contribution in [0.4, 0.5) is 5.69 Å². The van der Waals surface area contributed by atoms with Crippen LogP contribution in [0.2, 0.25) is 5.02 Å². The van der Waals surface area contributed by atoms with Gasteiger partial charge in [-0.3, -0.25) is 4.79 Å². The molecule has 0 saturated heterocycles. The Bertz CT molecular complexity index is 997. The second kappa shape index (κ2) is 9.25. The average molecular weight is 428 g/mol. The standard InChI is InChI=1S/C23H22ClNO3S/c1-15(2)12-21(26)25(14-16-8-10-18(24)11-9-16)19-13-20(29-22(19)23(27)28)17-6-4-3-5-7-17/h3-11,13,15H,12,14H2,1-2H3,(H,27,28). The van der Waals surface area contributed by atoms with Crippen molar-refractivity contribution in [1.82, 2.24) is 0 Å². The summed E-state index contributed by atoms with van der Waals surface area (Å²) in [6, 6.07) is 18.6. The van der Waals surface area contributed by atoms with Crippen molar-refractivity contribution in [3.05, 3.63) is 76.1 Å². The first-order valence-electron chi connectivity index (χ1n) is 9.32. The van der Waals surface area contributed by atoms with Gasteiger partial charge in [-0.05, 0) is 35.2 Å². The van der Waals surface area contributed by atoms with Crippen molar-refractivity contribution < 1.29 is 14.7 Å². The maximum Gasteiger partial charge on any atom is 0.348 e. The Balaban J connectivity index is 2.05. The highest BCUT2D eigenvalue weighted by molar-refractivity contribution is 7.18. The van der Waals surface area contributed by atoms with Crippen molar-refractivity contribution in [3.8, 4) is 10.4 Å². The molecule has 0 bridgehead atoms. The maximum absolute atomic E-state index is 13.1. The molecule has 0 aliphatic rings. The molecule has 0 saturated carbocycles. The molecule has 3 rings (SSSR count). The fourth-order valence-corrected chi connectivity index (χ4v) is 4.15. The molecule has 6 heteroatoms. The molecular weight excluding hydrogens is 406 g/mol. The molecule has 0 unspecified atom stereocenters. The fourth-order valence-electron chi connectivity index (χ4n) is 3.02. The predicted octanol–water partition coefficient (Wildman–Crippen LogP) is 6.35. The van der Waals surface area contributed by atoms with E-state index in [4.69, 9.17) is 11.6 Å². The van der Waals surface area contributed by atoms with Crippen molar-refractivity contribution in [1.29, 1.82) is 0 Å². The summed E-state index contributed by atoms with van der Waals surface area (Å²) in [5.74, 6) is -0.976. The molecule has 2 aromatic carbocycles. The molecule has 1 aromatic heterocycles. The summed E-state index contributed by atoms with van der Waals surface area (Å²) in [5, 5.41) is 10.4. The van der Waals surface area contributed by atoms with Crippen LogP contribution in [0.5, 0.6) is 0 Å². The predicted molar refractivity (Wildman–Crippen MR) is 119 cm³/mol. The Hall–Kier alpha value is -2.63. The lowest BCUT2D eigenvalue weighted by Crippen LogP contribution is -2.32. The van der Waals surface area contributed by atoms with E-state index < -0.39 is 5.97 Å². The Morgan fingerprint density at radius 2 is 1.72 bits per heavy atom. The number of hydrogen-bond donors (Lipinski definition) is 1. The van der Waals surface area contributed by atoms with Crippen molar-refractivity contribution in [2.24, 2.45) is 5.92 Å². The Kier molecular flexibility index (Phi) is 6.72. The minimum Gasteiger partial charge on any atom is -0.477 e. The van der Waals surface area contributed by atoms with Crippen LogP contribution < -0.4 is 4.90 Å². The minimum atomic E-state index is -1.04. The molecule has 4 nitrogen and oxygen atoms in total. The van der Waals surface area contributed by atoms with Crippen LogP contribution in [0.3, 0.4) is 0 Å². The van der Waals surface area contributed by atoms with Gasteiger partial charge in [0.1, 0.15) is 4.88 Å². The monoisotopic (exact) mass is 427 g/mol. The van der Waals surface area contributed by atoms with Gasteiger partial charge < -0.3 is 10.0 Å². The van der Waals surface area contributed by atoms with Crippen molar-refractivity contribution in [2.75, 3.05) is 4.90 Å². The van der Waals surface area contributed by atoms with E-state index in [2.05, 4.69) is 0 Å². The number of carboxylic acid groups (broad SMARTS) is 1. The molecule has 0 spiro atoms. The van der Waals surface area contributed by atoms with Crippen LogP contribution in [0.1, 0.15) is 35.5 Å². The van der Waals surface area contributed by atoms with E-state index in [1.807, 2.05) is 56.3 Å². The van der Waals surface area contributed by atoms with E-state index in [1.54, 1.807) is 23.1 Å². The SMILES string of the molecule is CC(C)CC(=O)N(Cc1ccc(Cl)cc1)c1cc(-c2ccccc2)sc1C(=O)O. The number of carboxylic acids is 1. The van der Waals surface area contributed by atoms with Gasteiger partial charge in [-0.1, -0.05) is 67.9 Å². The number of halogens is 1. The van der Waals surface area contributed by atoms with Gasteiger partial charge in [-0.2, -0.15) is 0 Å². The maximum atomic E-state index is 13.1. The van der Waals surface area contributed by atoms with Crippen LogP contribution in [0.15, 0.2) is 60.7 Å². The number of hydrogen-bond acceptors (Lipinski definition) is 3. The Morgan fingerprint density at radius 3 is 2.31 bits per heavy atom. The average Bonchev–Trinajstić information content (AvgIpc) is 3.13. The normalized spacial score (nSPS) is 10.9. The zero-order valence-electron chi connectivity index (χ0n) is 16.3. The summed E-state index contributed by atoms with van der Waals surface area (Å²) in [7, 11) is 0. The van der Waals surface area contributed by atoms with Crippen LogP contribution in [-0.4, -0.2) is 17.0 Å². The summed E-state index contributed by atoms with van der Waals surface area (Å²) >= 11 is 7.16. The number of benzene rings is 2. The Labute approximate surface area is 179 Å². The number of rotatable bonds is 7. The first kappa shape index (κ1) is 21.1. The van der Waals surface area contributed by atoms with E-state index in [9.17, 15) is 14.7 Å². The van der Waals surface area contributed by atoms with Gasteiger partial charge in [0.2, 0.25) is 5.91 Å². The summed E-state index contributed by atoms with van der Waals surface area (Å²) in [5.41, 5.74) is 2.24. The third-order valence-electron chi connectivity index (χ3n) is 4.39. The van der Waals surface area contributed by atoms with Crippen molar-refractivity contribution >= 4 is 40.5 Å². The molecule has 1 N–H and O–H groups in total. The Morgan fingerprint density at radius 1 is 1.07 bits per heavy atom. The third-order valence-corrected chi connectivity index (χ3v) is 5.81. The second-order valence-corrected chi connectivity index (χ2v) is 8.69. The van der Waals surface area contributed by atoms with E-state index >= 15 is 0 Å². The summed E-state index contributed by atoms with van der Waals surface area (Å²) < 4.78 is 0. The molecule has 1 amide bonds. The topological polar surface area (TPSA) is 57.6 Å². The molecule has 29 heavy (non-hydrogen) atoms. The summed E-state index contributed by atoms with van der Waals surface area (Å²) in [6.07, 6.45) is 0.336. The number of nitrogens with zero attached hydrogens (tertiary/aromatic N) is 1. The number of carbonyl (C=O) groups excluding carboxylic acids is 1. The third kappa shape index (κ3) is 5.25. The number of anilines is 1. The number of carbonyl (C=O) groups is 2. The van der Waals surface area contributed by atoms with Gasteiger partial charge >= 0.3 is 5.97 Å². The largest absolute Gasteiger partial charge is 0.477 e. The van der Waals surface area contributed by atoms with Gasteiger partial charge in [0.15, 0.2) is 0 Å². The van der Waals surface area contributed by atoms with Crippen LogP contribution >= 0.6 is 22.9 Å². The fraction of sp³-hybridized carbons (Fsp3) is 0.217. The highest BCUT2D eigenvalue weighted by Crippen LogP contribution is 2.38. The molecule has 1 heterocycles. The van der Waals surface area contributed by atoms with E-state index in [0.29, 0.717) is 17.1 Å². The highest BCUT2D eigenvalue weighted by atomic mass is 35.5. The van der Waals surface area contributed by atoms with Crippen molar-refractivity contribution in [3.63, 3.8) is 0 Å². The second-order valence-electron chi connectivity index (χ2n) is 7.20. The molecular formula is C23H22ClNO3S. The van der Waals surface area contributed by atoms with Crippen LogP contribution in [0, 0.1) is 5.92 Å². The van der Waals surface area contributed by atoms with Gasteiger partial charge in [0.25, 0.3) is 0 Å². The van der Waals surface area contributed by atoms with Crippen LogP contribution in [-0.2, 0) is 11.3 Å². The molecule has 3 aromatic rings. The zero-order chi connectivity index (χ0) is 21.0. The van der Waals surface area contributed by atoms with Gasteiger partial charge in [0.05, 0.1) is 12.2 Å². The van der Waals surface area contributed by atoms with E-state index in [1.165, 1.54) is 11.3 Å². The highest BCUT2D eigenvalue weighted by Gasteiger charge is 2.26. The molecule has 0 atom stereocenters. The lowest BCUT2D eigenvalue weighted by molar-refractivity contribution is -0.119. The van der Waals surface area contributed by atoms with E-state index in [-0.39, 0.29) is 23.2 Å². The van der Waals surface area contributed by atoms with Crippen molar-refractivity contribution in [2.45, 2.75) is 26.8 Å². The van der Waals surface area contributed by atoms with E-state index in [0.717, 1.165) is 16.0 Å². The quantitative estimate of drug-likeness (QED) is 0.478. The smallest absolute Gasteiger partial charge is 0.348 e. The minimum absolute atomic E-state index is 0.102. The summed E-state index contributed by atoms with van der Waals surface area (Å²) in [6.45, 7) is 4.23. The van der Waals surface area contributed by atoms with Gasteiger partial charge in [0, 0.05) is 16.3 Å². The zero-order valence-corrected chi connectivity index (χ0v) is 17.8. The lowest BCUT2D eigenvalue weighted by atomic mass is 10.1. The molecule has 0 fully saturated rings. The first-order chi connectivity index (χ1) is 13.8. The molecule has 0 aliphatic carbocycles. The molecule has 0 radical (unpaired) electrons. The molecule has 0 aliphatic heterocycles. The van der Waals surface area contributed by atoms with Crippen LogP contribution in [0.25, 0.3) is 10.4 Å². The van der Waals surface area contributed by atoms with Gasteiger partial charge in [-0.15, -0.1) is 11.3 Å². The number of thiophene rings is 1. The number of amides is 1. The first-order valence-corrected chi connectivity index (χ1v) is 10.5. The van der Waals surface area contributed by atoms with Gasteiger partial charge in [-0.25, -0.2) is 4.79 Å². The molecule has 150 valence electrons. The lowest BCUT2D eigenvalue weighted by Gasteiger charge is -2.23. The number of aromatic carboxylic acids is 1.